The summed E-state index contributed by atoms with van der Waals surface area (Å²) >= 11 is 0. The minimum absolute atomic E-state index is 0.0678. The lowest BCUT2D eigenvalue weighted by Crippen LogP contribution is -2.07. The van der Waals surface area contributed by atoms with Crippen molar-refractivity contribution in [2.24, 2.45) is 0 Å². The molecule has 32 heavy (non-hydrogen) atoms. The molecule has 0 N–H and O–H groups in total. The zero-order valence-corrected chi connectivity index (χ0v) is 17.4. The number of carbonyl (C=O) groups excluding carboxylic acids is 1. The van der Waals surface area contributed by atoms with Gasteiger partial charge in [-0.05, 0) is 66.9 Å². The SMILES string of the molecule is Cc1ccc(C)c(Oc2coc3cc(OC(=O)C=Cc4ccc(F)cc4)ccc3c2=O)c1. The van der Waals surface area contributed by atoms with Gasteiger partial charge in [0.15, 0.2) is 0 Å². The number of fused-ring (bicyclic) bond motifs is 1. The summed E-state index contributed by atoms with van der Waals surface area (Å²) in [7, 11) is 0. The molecular weight excluding hydrogens is 411 g/mol. The number of hydrogen-bond acceptors (Lipinski definition) is 5. The third kappa shape index (κ3) is 4.75. The summed E-state index contributed by atoms with van der Waals surface area (Å²) in [6, 6.07) is 15.9. The molecule has 0 fully saturated rings. The van der Waals surface area contributed by atoms with Gasteiger partial charge in [0.1, 0.15) is 29.2 Å². The summed E-state index contributed by atoms with van der Waals surface area (Å²) in [6.07, 6.45) is 3.99. The van der Waals surface area contributed by atoms with Crippen molar-refractivity contribution < 1.29 is 23.1 Å². The number of benzene rings is 3. The normalized spacial score (nSPS) is 11.1. The van der Waals surface area contributed by atoms with Gasteiger partial charge in [0.25, 0.3) is 0 Å². The largest absolute Gasteiger partial charge is 0.460 e. The van der Waals surface area contributed by atoms with Crippen LogP contribution in [0.2, 0.25) is 0 Å². The summed E-state index contributed by atoms with van der Waals surface area (Å²) in [5.41, 5.74) is 2.49. The fourth-order valence-corrected chi connectivity index (χ4v) is 3.05. The lowest BCUT2D eigenvalue weighted by molar-refractivity contribution is -0.128. The fourth-order valence-electron chi connectivity index (χ4n) is 3.05. The zero-order valence-electron chi connectivity index (χ0n) is 17.4. The Hall–Kier alpha value is -4.19. The first kappa shape index (κ1) is 21.1. The first-order valence-corrected chi connectivity index (χ1v) is 9.85. The first-order valence-electron chi connectivity index (χ1n) is 9.85. The van der Waals surface area contributed by atoms with Gasteiger partial charge in [0, 0.05) is 12.1 Å². The number of ether oxygens (including phenoxy) is 2. The van der Waals surface area contributed by atoms with Crippen molar-refractivity contribution in [3.8, 4) is 17.2 Å². The van der Waals surface area contributed by atoms with Crippen LogP contribution in [-0.4, -0.2) is 5.97 Å². The highest BCUT2D eigenvalue weighted by atomic mass is 19.1. The second-order valence-electron chi connectivity index (χ2n) is 7.26. The minimum Gasteiger partial charge on any atom is -0.460 e. The molecule has 0 bridgehead atoms. The molecule has 0 saturated heterocycles. The lowest BCUT2D eigenvalue weighted by atomic mass is 10.1. The van der Waals surface area contributed by atoms with Crippen LogP contribution in [-0.2, 0) is 4.79 Å². The minimum atomic E-state index is -0.620. The molecule has 0 aliphatic rings. The summed E-state index contributed by atoms with van der Waals surface area (Å²) in [4.78, 5) is 24.9. The Morgan fingerprint density at radius 1 is 0.969 bits per heavy atom. The quantitative estimate of drug-likeness (QED) is 0.222. The maximum atomic E-state index is 12.9. The van der Waals surface area contributed by atoms with Gasteiger partial charge in [0.05, 0.1) is 5.39 Å². The summed E-state index contributed by atoms with van der Waals surface area (Å²) < 4.78 is 29.6. The van der Waals surface area contributed by atoms with E-state index in [0.717, 1.165) is 11.1 Å². The standard InChI is InChI=1S/C26H19FO5/c1-16-3-4-17(2)22(13-16)32-24-15-30-23-14-20(10-11-21(23)26(24)29)31-25(28)12-7-18-5-8-19(27)9-6-18/h3-15H,1-2H3. The van der Waals surface area contributed by atoms with Crippen molar-refractivity contribution in [1.82, 2.24) is 0 Å². The van der Waals surface area contributed by atoms with Crippen LogP contribution in [0.25, 0.3) is 17.0 Å². The molecule has 0 unspecified atom stereocenters. The molecule has 3 aromatic carbocycles. The molecule has 0 spiro atoms. The predicted molar refractivity (Wildman–Crippen MR) is 120 cm³/mol. The van der Waals surface area contributed by atoms with E-state index in [-0.39, 0.29) is 28.3 Å². The Morgan fingerprint density at radius 2 is 1.75 bits per heavy atom. The lowest BCUT2D eigenvalue weighted by Gasteiger charge is -2.09. The molecule has 1 aromatic heterocycles. The highest BCUT2D eigenvalue weighted by molar-refractivity contribution is 5.89. The second-order valence-corrected chi connectivity index (χ2v) is 7.26. The highest BCUT2D eigenvalue weighted by Gasteiger charge is 2.12. The Balaban J connectivity index is 1.52. The zero-order chi connectivity index (χ0) is 22.7. The van der Waals surface area contributed by atoms with Crippen molar-refractivity contribution in [2.75, 3.05) is 0 Å². The third-order valence-electron chi connectivity index (χ3n) is 4.78. The van der Waals surface area contributed by atoms with Gasteiger partial charge in [-0.3, -0.25) is 4.79 Å². The Morgan fingerprint density at radius 3 is 2.53 bits per heavy atom. The van der Waals surface area contributed by atoms with E-state index in [0.29, 0.717) is 16.7 Å². The van der Waals surface area contributed by atoms with Gasteiger partial charge in [-0.1, -0.05) is 24.3 Å². The molecule has 0 radical (unpaired) electrons. The molecule has 160 valence electrons. The van der Waals surface area contributed by atoms with Gasteiger partial charge in [-0.15, -0.1) is 0 Å². The van der Waals surface area contributed by atoms with E-state index in [1.165, 1.54) is 48.7 Å². The van der Waals surface area contributed by atoms with Crippen LogP contribution in [0.5, 0.6) is 17.2 Å². The maximum absolute atomic E-state index is 12.9. The van der Waals surface area contributed by atoms with Crippen LogP contribution in [0.15, 0.2) is 82.2 Å². The molecule has 6 heteroatoms. The number of carbonyl (C=O) groups is 1. The van der Waals surface area contributed by atoms with Crippen molar-refractivity contribution in [1.29, 1.82) is 0 Å². The predicted octanol–water partition coefficient (Wildman–Crippen LogP) is 5.96. The summed E-state index contributed by atoms with van der Waals surface area (Å²) in [5, 5.41) is 0.300. The molecule has 4 rings (SSSR count). The molecule has 0 amide bonds. The molecule has 0 saturated carbocycles. The molecular formula is C26H19FO5. The van der Waals surface area contributed by atoms with E-state index in [2.05, 4.69) is 0 Å². The fraction of sp³-hybridized carbons (Fsp3) is 0.0769. The van der Waals surface area contributed by atoms with Crippen molar-refractivity contribution in [3.05, 3.63) is 106 Å². The number of rotatable bonds is 5. The van der Waals surface area contributed by atoms with Gasteiger partial charge in [-0.2, -0.15) is 0 Å². The second kappa shape index (κ2) is 8.89. The van der Waals surface area contributed by atoms with Gasteiger partial charge >= 0.3 is 5.97 Å². The Labute approximate surface area is 183 Å². The van der Waals surface area contributed by atoms with Crippen molar-refractivity contribution in [3.63, 3.8) is 0 Å². The molecule has 1 heterocycles. The van der Waals surface area contributed by atoms with E-state index in [1.807, 2.05) is 32.0 Å². The smallest absolute Gasteiger partial charge is 0.336 e. The van der Waals surface area contributed by atoms with Gasteiger partial charge < -0.3 is 13.9 Å². The van der Waals surface area contributed by atoms with Crippen LogP contribution >= 0.6 is 0 Å². The van der Waals surface area contributed by atoms with E-state index in [1.54, 1.807) is 12.1 Å². The Kier molecular flexibility index (Phi) is 5.85. The van der Waals surface area contributed by atoms with E-state index < -0.39 is 5.97 Å². The molecule has 0 aliphatic carbocycles. The monoisotopic (exact) mass is 430 g/mol. The van der Waals surface area contributed by atoms with Gasteiger partial charge in [0.2, 0.25) is 11.2 Å². The van der Waals surface area contributed by atoms with Crippen LogP contribution in [0.3, 0.4) is 0 Å². The van der Waals surface area contributed by atoms with Crippen LogP contribution < -0.4 is 14.9 Å². The van der Waals surface area contributed by atoms with E-state index in [9.17, 15) is 14.0 Å². The highest BCUT2D eigenvalue weighted by Crippen LogP contribution is 2.27. The van der Waals surface area contributed by atoms with Crippen LogP contribution in [0.4, 0.5) is 4.39 Å². The van der Waals surface area contributed by atoms with Gasteiger partial charge in [-0.25, -0.2) is 9.18 Å². The number of halogens is 1. The van der Waals surface area contributed by atoms with E-state index in [4.69, 9.17) is 13.9 Å². The molecule has 0 aliphatic heterocycles. The average Bonchev–Trinajstić information content (AvgIpc) is 2.78. The van der Waals surface area contributed by atoms with Crippen LogP contribution in [0, 0.1) is 19.7 Å². The summed E-state index contributed by atoms with van der Waals surface area (Å²) in [6.45, 7) is 3.83. The average molecular weight is 430 g/mol. The molecule has 5 nitrogen and oxygen atoms in total. The van der Waals surface area contributed by atoms with E-state index >= 15 is 0 Å². The molecule has 0 atom stereocenters. The molecule has 4 aromatic rings. The van der Waals surface area contributed by atoms with Crippen molar-refractivity contribution >= 4 is 23.0 Å². The third-order valence-corrected chi connectivity index (χ3v) is 4.78. The topological polar surface area (TPSA) is 65.7 Å². The number of hydrogen-bond donors (Lipinski definition) is 0. The number of esters is 1. The first-order chi connectivity index (χ1) is 15.4. The maximum Gasteiger partial charge on any atom is 0.336 e. The number of aryl methyl sites for hydroxylation is 2. The van der Waals surface area contributed by atoms with Crippen molar-refractivity contribution in [2.45, 2.75) is 13.8 Å². The summed E-state index contributed by atoms with van der Waals surface area (Å²) in [5.74, 6) is -0.109. The van der Waals surface area contributed by atoms with Crippen LogP contribution in [0.1, 0.15) is 16.7 Å². The Bertz CT molecular complexity index is 1380.